The average Bonchev–Trinajstić information content (AvgIpc) is 2.28. The van der Waals surface area contributed by atoms with Gasteiger partial charge in [0.15, 0.2) is 0 Å². The van der Waals surface area contributed by atoms with Gasteiger partial charge < -0.3 is 10.5 Å². The molecule has 0 amide bonds. The highest BCUT2D eigenvalue weighted by molar-refractivity contribution is 14.1. The topological polar surface area (TPSA) is 65.2 Å². The molecule has 7 heteroatoms. The number of carbonyl (C=O) groups is 1. The quantitative estimate of drug-likeness (QED) is 0.511. The predicted molar refractivity (Wildman–Crippen MR) is 65.8 cm³/mol. The zero-order chi connectivity index (χ0) is 13.0. The Bertz CT molecular complexity index is 427. The molecule has 1 aromatic heterocycles. The van der Waals surface area contributed by atoms with Crippen molar-refractivity contribution in [3.05, 3.63) is 26.6 Å². The van der Waals surface area contributed by atoms with Crippen LogP contribution in [-0.2, 0) is 11.3 Å². The predicted octanol–water partition coefficient (Wildman–Crippen LogP) is 2.26. The van der Waals surface area contributed by atoms with Crippen LogP contribution < -0.4 is 5.73 Å². The largest absolute Gasteiger partial charge is 0.462 e. The molecule has 0 atom stereocenters. The zero-order valence-electron chi connectivity index (χ0n) is 9.04. The van der Waals surface area contributed by atoms with E-state index in [0.717, 1.165) is 6.20 Å². The van der Waals surface area contributed by atoms with E-state index in [2.05, 4.69) is 4.98 Å². The van der Waals surface area contributed by atoms with Crippen molar-refractivity contribution >= 4 is 28.6 Å². The fraction of sp³-hybridized carbons (Fsp3) is 0.400. The third kappa shape index (κ3) is 3.09. The van der Waals surface area contributed by atoms with E-state index < -0.39 is 18.0 Å². The number of nitrogens with two attached hydrogens (primary N) is 1. The normalized spacial score (nSPS) is 10.7. The van der Waals surface area contributed by atoms with Crippen molar-refractivity contribution in [2.45, 2.75) is 19.9 Å². The summed E-state index contributed by atoms with van der Waals surface area (Å²) in [5.41, 5.74) is 5.15. The molecular weight excluding hydrogens is 345 g/mol. The van der Waals surface area contributed by atoms with Crippen molar-refractivity contribution in [2.24, 2.45) is 5.73 Å². The van der Waals surface area contributed by atoms with Gasteiger partial charge in [-0.25, -0.2) is 18.6 Å². The molecule has 1 aromatic rings. The Kier molecular flexibility index (Phi) is 5.19. The van der Waals surface area contributed by atoms with Crippen LogP contribution in [-0.4, -0.2) is 17.6 Å². The highest BCUT2D eigenvalue weighted by Gasteiger charge is 2.24. The first-order chi connectivity index (χ1) is 8.02. The number of hydrogen-bond acceptors (Lipinski definition) is 4. The van der Waals surface area contributed by atoms with Gasteiger partial charge in [-0.15, -0.1) is 0 Å². The maximum Gasteiger partial charge on any atom is 0.339 e. The summed E-state index contributed by atoms with van der Waals surface area (Å²) in [6.45, 7) is 1.68. The maximum absolute atomic E-state index is 12.8. The van der Waals surface area contributed by atoms with E-state index in [0.29, 0.717) is 9.26 Å². The van der Waals surface area contributed by atoms with Crippen molar-refractivity contribution in [3.8, 4) is 0 Å². The van der Waals surface area contributed by atoms with E-state index in [1.165, 1.54) is 0 Å². The number of halogens is 3. The summed E-state index contributed by atoms with van der Waals surface area (Å²) >= 11 is 1.84. The van der Waals surface area contributed by atoms with Crippen molar-refractivity contribution in [3.63, 3.8) is 0 Å². The van der Waals surface area contributed by atoms with Crippen LogP contribution in [0.4, 0.5) is 8.78 Å². The number of esters is 1. The molecule has 0 radical (unpaired) electrons. The van der Waals surface area contributed by atoms with Gasteiger partial charge in [-0.05, 0) is 29.5 Å². The smallest absolute Gasteiger partial charge is 0.339 e. The molecule has 1 rings (SSSR count). The number of ether oxygens (including phenoxy) is 1. The Morgan fingerprint density at radius 2 is 2.29 bits per heavy atom. The van der Waals surface area contributed by atoms with Crippen molar-refractivity contribution in [2.75, 3.05) is 6.61 Å². The van der Waals surface area contributed by atoms with Gasteiger partial charge in [0, 0.05) is 18.3 Å². The van der Waals surface area contributed by atoms with Gasteiger partial charge >= 0.3 is 5.97 Å². The van der Waals surface area contributed by atoms with Crippen LogP contribution in [0.15, 0.2) is 6.20 Å². The minimum Gasteiger partial charge on any atom is -0.462 e. The fourth-order valence-corrected chi connectivity index (χ4v) is 1.97. The Morgan fingerprint density at radius 3 is 2.76 bits per heavy atom. The first kappa shape index (κ1) is 14.2. The molecular formula is C10H11F2IN2O2. The number of rotatable bonds is 4. The third-order valence-electron chi connectivity index (χ3n) is 2.08. The van der Waals surface area contributed by atoms with Gasteiger partial charge in [0.1, 0.15) is 3.70 Å². The lowest BCUT2D eigenvalue weighted by Crippen LogP contribution is -2.16. The summed E-state index contributed by atoms with van der Waals surface area (Å²) < 4.78 is 30.8. The molecule has 0 bridgehead atoms. The second-order valence-corrected chi connectivity index (χ2v) is 4.11. The number of hydrogen-bond donors (Lipinski definition) is 1. The van der Waals surface area contributed by atoms with Crippen LogP contribution in [0.5, 0.6) is 0 Å². The third-order valence-corrected chi connectivity index (χ3v) is 3.00. The SMILES string of the molecule is CCOC(=O)c1c(C(F)F)cnc(I)c1CN. The van der Waals surface area contributed by atoms with E-state index in [9.17, 15) is 13.6 Å². The van der Waals surface area contributed by atoms with Gasteiger partial charge in [0.2, 0.25) is 0 Å². The van der Waals surface area contributed by atoms with E-state index in [4.69, 9.17) is 10.5 Å². The van der Waals surface area contributed by atoms with E-state index in [1.54, 1.807) is 6.92 Å². The molecule has 0 aliphatic heterocycles. The van der Waals surface area contributed by atoms with Crippen molar-refractivity contribution < 1.29 is 18.3 Å². The Hall–Kier alpha value is -0.830. The standard InChI is InChI=1S/C10H11F2IN2O2/c1-2-17-10(16)7-5(3-14)9(13)15-4-6(7)8(11)12/h4,8H,2-3,14H2,1H3. The zero-order valence-corrected chi connectivity index (χ0v) is 11.2. The molecule has 0 saturated carbocycles. The molecule has 2 N–H and O–H groups in total. The summed E-state index contributed by atoms with van der Waals surface area (Å²) in [6.07, 6.45) is -1.80. The van der Waals surface area contributed by atoms with Gasteiger partial charge in [0.25, 0.3) is 6.43 Å². The van der Waals surface area contributed by atoms with E-state index in [1.807, 2.05) is 22.6 Å². The molecule has 94 valence electrons. The van der Waals surface area contributed by atoms with Crippen LogP contribution in [0.25, 0.3) is 0 Å². The number of nitrogens with zero attached hydrogens (tertiary/aromatic N) is 1. The fourth-order valence-electron chi connectivity index (χ4n) is 1.34. The Morgan fingerprint density at radius 1 is 1.65 bits per heavy atom. The molecule has 0 aromatic carbocycles. The van der Waals surface area contributed by atoms with Crippen molar-refractivity contribution in [1.82, 2.24) is 4.98 Å². The molecule has 0 spiro atoms. The molecule has 0 unspecified atom stereocenters. The number of pyridine rings is 1. The molecule has 0 aliphatic carbocycles. The lowest BCUT2D eigenvalue weighted by molar-refractivity contribution is 0.0513. The minimum atomic E-state index is -2.79. The molecule has 0 saturated heterocycles. The Balaban J connectivity index is 3.38. The first-order valence-electron chi connectivity index (χ1n) is 4.85. The van der Waals surface area contributed by atoms with Gasteiger partial charge in [0.05, 0.1) is 17.7 Å². The highest BCUT2D eigenvalue weighted by Crippen LogP contribution is 2.27. The number of carbonyl (C=O) groups excluding carboxylic acids is 1. The first-order valence-corrected chi connectivity index (χ1v) is 5.93. The second-order valence-electron chi connectivity index (χ2n) is 3.08. The van der Waals surface area contributed by atoms with Gasteiger partial charge in [-0.1, -0.05) is 0 Å². The minimum absolute atomic E-state index is 0.0417. The molecule has 17 heavy (non-hydrogen) atoms. The van der Waals surface area contributed by atoms with Crippen molar-refractivity contribution in [1.29, 1.82) is 0 Å². The van der Waals surface area contributed by atoms with Gasteiger partial charge in [-0.2, -0.15) is 0 Å². The molecule has 0 fully saturated rings. The lowest BCUT2D eigenvalue weighted by atomic mass is 10.0. The molecule has 1 heterocycles. The number of alkyl halides is 2. The maximum atomic E-state index is 12.8. The lowest BCUT2D eigenvalue weighted by Gasteiger charge is -2.13. The summed E-state index contributed by atoms with van der Waals surface area (Å²) in [4.78, 5) is 15.5. The van der Waals surface area contributed by atoms with E-state index in [-0.39, 0.29) is 18.7 Å². The summed E-state index contributed by atoms with van der Waals surface area (Å²) in [7, 11) is 0. The summed E-state index contributed by atoms with van der Waals surface area (Å²) in [5, 5.41) is 0. The van der Waals surface area contributed by atoms with Crippen LogP contribution >= 0.6 is 22.6 Å². The highest BCUT2D eigenvalue weighted by atomic mass is 127. The molecule has 4 nitrogen and oxygen atoms in total. The Labute approximate surface area is 111 Å². The van der Waals surface area contributed by atoms with Gasteiger partial charge in [-0.3, -0.25) is 0 Å². The van der Waals surface area contributed by atoms with Crippen LogP contribution in [0.3, 0.4) is 0 Å². The number of aromatic nitrogens is 1. The summed E-state index contributed by atoms with van der Waals surface area (Å²) in [6, 6.07) is 0. The van der Waals surface area contributed by atoms with E-state index >= 15 is 0 Å². The molecule has 0 aliphatic rings. The van der Waals surface area contributed by atoms with Crippen LogP contribution in [0.2, 0.25) is 0 Å². The monoisotopic (exact) mass is 356 g/mol. The average molecular weight is 356 g/mol. The van der Waals surface area contributed by atoms with Crippen LogP contribution in [0.1, 0.15) is 34.8 Å². The summed E-state index contributed by atoms with van der Waals surface area (Å²) in [5.74, 6) is -0.788. The second kappa shape index (κ2) is 6.20. The van der Waals surface area contributed by atoms with Crippen LogP contribution in [0, 0.1) is 3.70 Å².